The average Bonchev–Trinajstić information content (AvgIpc) is 2.97. The number of hydrogen-bond acceptors (Lipinski definition) is 6. The maximum absolute atomic E-state index is 12.5. The number of ether oxygens (including phenoxy) is 1. The lowest BCUT2D eigenvalue weighted by Gasteiger charge is -2.16. The van der Waals surface area contributed by atoms with E-state index in [1.807, 2.05) is 0 Å². The summed E-state index contributed by atoms with van der Waals surface area (Å²) in [6.07, 6.45) is 8.21. The van der Waals surface area contributed by atoms with Crippen LogP contribution < -0.4 is 10.6 Å². The van der Waals surface area contributed by atoms with E-state index < -0.39 is 0 Å². The molecule has 0 saturated heterocycles. The lowest BCUT2D eigenvalue weighted by Crippen LogP contribution is -2.34. The first kappa shape index (κ1) is 19.8. The molecule has 3 rings (SSSR count). The quantitative estimate of drug-likeness (QED) is 0.582. The molecule has 0 atom stereocenters. The van der Waals surface area contributed by atoms with Crippen LogP contribution in [0.2, 0.25) is 0 Å². The van der Waals surface area contributed by atoms with Crippen LogP contribution >= 0.6 is 0 Å². The van der Waals surface area contributed by atoms with Gasteiger partial charge in [0.15, 0.2) is 0 Å². The highest BCUT2D eigenvalue weighted by molar-refractivity contribution is 5.93. The Hall–Kier alpha value is -2.96. The van der Waals surface area contributed by atoms with Crippen molar-refractivity contribution in [3.8, 4) is 0 Å². The summed E-state index contributed by atoms with van der Waals surface area (Å²) in [4.78, 5) is 32.5. The number of amides is 1. The fraction of sp³-hybridized carbons (Fsp3) is 0.429. The number of carbonyl (C=O) groups excluding carboxylic acids is 2. The van der Waals surface area contributed by atoms with E-state index in [0.717, 1.165) is 31.4 Å². The number of nitrogens with one attached hydrogen (secondary N) is 2. The van der Waals surface area contributed by atoms with Crippen molar-refractivity contribution >= 4 is 23.4 Å². The lowest BCUT2D eigenvalue weighted by atomic mass is 10.1. The minimum atomic E-state index is -0.353. The van der Waals surface area contributed by atoms with E-state index in [0.29, 0.717) is 23.7 Å². The Morgan fingerprint density at radius 2 is 1.79 bits per heavy atom. The van der Waals surface area contributed by atoms with Gasteiger partial charge in [-0.15, -0.1) is 0 Å². The van der Waals surface area contributed by atoms with Crippen LogP contribution in [0.5, 0.6) is 0 Å². The molecule has 0 aliphatic heterocycles. The highest BCUT2D eigenvalue weighted by Crippen LogP contribution is 2.19. The van der Waals surface area contributed by atoms with Gasteiger partial charge < -0.3 is 15.4 Å². The van der Waals surface area contributed by atoms with Crippen molar-refractivity contribution in [2.24, 2.45) is 0 Å². The van der Waals surface area contributed by atoms with E-state index in [-0.39, 0.29) is 17.9 Å². The molecule has 1 amide bonds. The number of anilines is 2. The van der Waals surface area contributed by atoms with Crippen molar-refractivity contribution in [1.82, 2.24) is 15.3 Å². The normalized spacial score (nSPS) is 14.8. The van der Waals surface area contributed by atoms with Gasteiger partial charge in [-0.25, -0.2) is 14.8 Å². The van der Waals surface area contributed by atoms with Gasteiger partial charge in [0.05, 0.1) is 12.2 Å². The van der Waals surface area contributed by atoms with Gasteiger partial charge in [0.1, 0.15) is 17.8 Å². The summed E-state index contributed by atoms with van der Waals surface area (Å²) in [6, 6.07) is 8.74. The van der Waals surface area contributed by atoms with Gasteiger partial charge in [-0.05, 0) is 44.0 Å². The van der Waals surface area contributed by atoms with E-state index in [1.165, 1.54) is 19.2 Å². The minimum Gasteiger partial charge on any atom is -0.462 e. The molecule has 2 aromatic rings. The van der Waals surface area contributed by atoms with Crippen LogP contribution in [0, 0.1) is 0 Å². The zero-order valence-corrected chi connectivity index (χ0v) is 16.1. The summed E-state index contributed by atoms with van der Waals surface area (Å²) >= 11 is 0. The van der Waals surface area contributed by atoms with Crippen molar-refractivity contribution in [1.29, 1.82) is 0 Å². The smallest absolute Gasteiger partial charge is 0.338 e. The molecule has 0 unspecified atom stereocenters. The molecule has 2 N–H and O–H groups in total. The molecule has 0 spiro atoms. The van der Waals surface area contributed by atoms with Crippen LogP contribution in [0.25, 0.3) is 0 Å². The molecular weight excluding hydrogens is 356 g/mol. The number of hydrogen-bond donors (Lipinski definition) is 2. The average molecular weight is 382 g/mol. The molecule has 1 saturated carbocycles. The maximum Gasteiger partial charge on any atom is 0.338 e. The van der Waals surface area contributed by atoms with Gasteiger partial charge in [0, 0.05) is 17.8 Å². The molecule has 1 aliphatic rings. The van der Waals surface area contributed by atoms with E-state index in [2.05, 4.69) is 20.6 Å². The molecule has 7 nitrogen and oxygen atoms in total. The molecule has 1 aliphatic carbocycles. The summed E-state index contributed by atoms with van der Waals surface area (Å²) in [7, 11) is 0. The van der Waals surface area contributed by atoms with E-state index in [4.69, 9.17) is 4.74 Å². The number of aromatic nitrogens is 2. The summed E-state index contributed by atoms with van der Waals surface area (Å²) < 4.78 is 4.97. The number of nitrogens with zero attached hydrogens (tertiary/aromatic N) is 2. The van der Waals surface area contributed by atoms with Crippen molar-refractivity contribution in [3.63, 3.8) is 0 Å². The highest BCUT2D eigenvalue weighted by Gasteiger charge is 2.17. The Kier molecular flexibility index (Phi) is 6.94. The van der Waals surface area contributed by atoms with Crippen LogP contribution in [-0.4, -0.2) is 34.5 Å². The monoisotopic (exact) mass is 382 g/mol. The largest absolute Gasteiger partial charge is 0.462 e. The maximum atomic E-state index is 12.5. The third-order valence-electron chi connectivity index (χ3n) is 4.76. The van der Waals surface area contributed by atoms with Crippen LogP contribution in [0.3, 0.4) is 0 Å². The van der Waals surface area contributed by atoms with Gasteiger partial charge >= 0.3 is 5.97 Å². The summed E-state index contributed by atoms with van der Waals surface area (Å²) in [6.45, 7) is 2.11. The Labute approximate surface area is 164 Å². The van der Waals surface area contributed by atoms with Crippen LogP contribution in [0.4, 0.5) is 11.5 Å². The second kappa shape index (κ2) is 9.82. The number of benzene rings is 1. The van der Waals surface area contributed by atoms with E-state index in [9.17, 15) is 9.59 Å². The molecule has 1 fully saturated rings. The number of carbonyl (C=O) groups is 2. The Morgan fingerprint density at radius 1 is 1.07 bits per heavy atom. The third kappa shape index (κ3) is 5.52. The summed E-state index contributed by atoms with van der Waals surface area (Å²) in [5.41, 5.74) is 1.57. The fourth-order valence-corrected chi connectivity index (χ4v) is 3.28. The third-order valence-corrected chi connectivity index (χ3v) is 4.76. The van der Waals surface area contributed by atoms with Crippen molar-refractivity contribution < 1.29 is 14.3 Å². The van der Waals surface area contributed by atoms with Gasteiger partial charge in [-0.2, -0.15) is 0 Å². The molecular formula is C21H26N4O3. The van der Waals surface area contributed by atoms with Crippen LogP contribution in [-0.2, 0) is 4.74 Å². The lowest BCUT2D eigenvalue weighted by molar-refractivity contribution is 0.0526. The minimum absolute atomic E-state index is 0.171. The Balaban J connectivity index is 1.62. The molecule has 1 heterocycles. The topological polar surface area (TPSA) is 93.2 Å². The summed E-state index contributed by atoms with van der Waals surface area (Å²) in [5.74, 6) is -0.00605. The zero-order chi connectivity index (χ0) is 19.8. The van der Waals surface area contributed by atoms with Gasteiger partial charge in [0.2, 0.25) is 0 Å². The molecule has 148 valence electrons. The molecule has 0 radical (unpaired) electrons. The van der Waals surface area contributed by atoms with Gasteiger partial charge in [-0.3, -0.25) is 4.79 Å². The fourth-order valence-electron chi connectivity index (χ4n) is 3.28. The van der Waals surface area contributed by atoms with Crippen LogP contribution in [0.1, 0.15) is 66.3 Å². The van der Waals surface area contributed by atoms with E-state index >= 15 is 0 Å². The van der Waals surface area contributed by atoms with Crippen LogP contribution in [0.15, 0.2) is 36.7 Å². The molecule has 28 heavy (non-hydrogen) atoms. The summed E-state index contributed by atoms with van der Waals surface area (Å²) in [5, 5.41) is 6.22. The number of esters is 1. The van der Waals surface area contributed by atoms with Gasteiger partial charge in [0.25, 0.3) is 5.91 Å². The standard InChI is InChI=1S/C21H26N4O3/c1-2-28-21(27)15-9-11-17(12-10-15)24-19-13-18(22-14-23-19)20(26)25-16-7-5-3-4-6-8-16/h9-14,16H,2-8H2,1H3,(H,25,26)(H,22,23,24). The molecule has 1 aromatic carbocycles. The highest BCUT2D eigenvalue weighted by atomic mass is 16.5. The second-order valence-corrected chi connectivity index (χ2v) is 6.87. The van der Waals surface area contributed by atoms with Crippen molar-refractivity contribution in [3.05, 3.63) is 47.9 Å². The SMILES string of the molecule is CCOC(=O)c1ccc(Nc2cc(C(=O)NC3CCCCCC3)ncn2)cc1. The first-order chi connectivity index (χ1) is 13.7. The first-order valence-electron chi connectivity index (χ1n) is 9.83. The Morgan fingerprint density at radius 3 is 2.46 bits per heavy atom. The predicted molar refractivity (Wildman–Crippen MR) is 107 cm³/mol. The first-order valence-corrected chi connectivity index (χ1v) is 9.83. The molecule has 1 aromatic heterocycles. The second-order valence-electron chi connectivity index (χ2n) is 6.87. The predicted octanol–water partition coefficient (Wildman–Crippen LogP) is 3.85. The van der Waals surface area contributed by atoms with Crippen molar-refractivity contribution in [2.75, 3.05) is 11.9 Å². The zero-order valence-electron chi connectivity index (χ0n) is 16.1. The Bertz CT molecular complexity index is 800. The molecule has 7 heteroatoms. The van der Waals surface area contributed by atoms with Gasteiger partial charge in [-0.1, -0.05) is 25.7 Å². The van der Waals surface area contributed by atoms with E-state index in [1.54, 1.807) is 37.3 Å². The van der Waals surface area contributed by atoms with Crippen molar-refractivity contribution in [2.45, 2.75) is 51.5 Å². The molecule has 0 bridgehead atoms. The number of rotatable bonds is 6.